The zero-order valence-corrected chi connectivity index (χ0v) is 14.6. The molecule has 2 aromatic rings. The summed E-state index contributed by atoms with van der Waals surface area (Å²) in [4.78, 5) is 0.108. The molecule has 0 N–H and O–H groups in total. The first-order valence-corrected chi connectivity index (χ1v) is 9.36. The Bertz CT molecular complexity index is 857. The number of methoxy groups -OCH3 is 1. The second-order valence-electron chi connectivity index (χ2n) is 5.63. The third kappa shape index (κ3) is 3.14. The number of sulfonamides is 1. The predicted molar refractivity (Wildman–Crippen MR) is 90.3 cm³/mol. The minimum Gasteiger partial charge on any atom is -0.495 e. The molecule has 4 nitrogen and oxygen atoms in total. The van der Waals surface area contributed by atoms with Gasteiger partial charge >= 0.3 is 0 Å². The Balaban J connectivity index is 1.98. The number of hydrogen-bond acceptors (Lipinski definition) is 3. The van der Waals surface area contributed by atoms with Crippen LogP contribution in [0.15, 0.2) is 47.4 Å². The van der Waals surface area contributed by atoms with Crippen molar-refractivity contribution in [3.63, 3.8) is 0 Å². The highest BCUT2D eigenvalue weighted by atomic mass is 35.5. The molecular weight excluding hydrogens is 353 g/mol. The van der Waals surface area contributed by atoms with Gasteiger partial charge in [-0.2, -0.15) is 4.31 Å². The van der Waals surface area contributed by atoms with E-state index in [0.717, 1.165) is 6.42 Å². The maximum absolute atomic E-state index is 13.5. The molecule has 0 bridgehead atoms. The van der Waals surface area contributed by atoms with E-state index < -0.39 is 10.0 Å². The van der Waals surface area contributed by atoms with E-state index in [2.05, 4.69) is 0 Å². The molecule has 1 saturated heterocycles. The lowest BCUT2D eigenvalue weighted by molar-refractivity contribution is 0.395. The molecule has 7 heteroatoms. The van der Waals surface area contributed by atoms with Gasteiger partial charge in [0, 0.05) is 6.54 Å². The standard InChI is InChI=1S/C17H17ClFNO3S/c1-23-17-8-7-14(11-15(17)18)24(21,22)20-9-3-6-16(20)12-4-2-5-13(19)10-12/h2,4-5,7-8,10-11,16H,3,6,9H2,1H3. The first kappa shape index (κ1) is 17.2. The summed E-state index contributed by atoms with van der Waals surface area (Å²) >= 11 is 6.06. The van der Waals surface area contributed by atoms with Crippen LogP contribution in [0.1, 0.15) is 24.4 Å². The van der Waals surface area contributed by atoms with E-state index in [4.69, 9.17) is 16.3 Å². The summed E-state index contributed by atoms with van der Waals surface area (Å²) in [5.41, 5.74) is 0.663. The van der Waals surface area contributed by atoms with Gasteiger partial charge in [-0.1, -0.05) is 23.7 Å². The molecule has 24 heavy (non-hydrogen) atoms. The van der Waals surface area contributed by atoms with E-state index in [1.807, 2.05) is 0 Å². The summed E-state index contributed by atoms with van der Waals surface area (Å²) in [7, 11) is -2.26. The maximum Gasteiger partial charge on any atom is 0.243 e. The molecule has 1 aliphatic rings. The molecule has 1 aliphatic heterocycles. The van der Waals surface area contributed by atoms with Crippen molar-refractivity contribution in [1.29, 1.82) is 0 Å². The van der Waals surface area contributed by atoms with Crippen LogP contribution in [0, 0.1) is 5.82 Å². The van der Waals surface area contributed by atoms with Crippen LogP contribution in [0.4, 0.5) is 4.39 Å². The van der Waals surface area contributed by atoms with Crippen molar-refractivity contribution in [2.45, 2.75) is 23.8 Å². The Kier molecular flexibility index (Phi) is 4.80. The number of rotatable bonds is 4. The Morgan fingerprint density at radius 3 is 2.71 bits per heavy atom. The second kappa shape index (κ2) is 6.70. The molecule has 1 fully saturated rings. The summed E-state index contributed by atoms with van der Waals surface area (Å²) in [6.07, 6.45) is 1.39. The largest absolute Gasteiger partial charge is 0.495 e. The Morgan fingerprint density at radius 2 is 2.04 bits per heavy atom. The molecule has 0 saturated carbocycles. The van der Waals surface area contributed by atoms with Gasteiger partial charge in [-0.3, -0.25) is 0 Å². The third-order valence-corrected chi connectivity index (χ3v) is 6.37. The van der Waals surface area contributed by atoms with Gasteiger partial charge in [0.1, 0.15) is 11.6 Å². The fourth-order valence-electron chi connectivity index (χ4n) is 3.02. The lowest BCUT2D eigenvalue weighted by atomic mass is 10.1. The van der Waals surface area contributed by atoms with Crippen LogP contribution in [0.25, 0.3) is 0 Å². The molecule has 0 radical (unpaired) electrons. The van der Waals surface area contributed by atoms with E-state index in [-0.39, 0.29) is 21.8 Å². The number of halogens is 2. The molecule has 0 aliphatic carbocycles. The summed E-state index contributed by atoms with van der Waals surface area (Å²) in [6, 6.07) is 10.1. The van der Waals surface area contributed by atoms with Crippen LogP contribution < -0.4 is 4.74 Å². The van der Waals surface area contributed by atoms with Gasteiger partial charge in [-0.25, -0.2) is 12.8 Å². The first-order chi connectivity index (χ1) is 11.4. The topological polar surface area (TPSA) is 46.6 Å². The van der Waals surface area contributed by atoms with E-state index in [1.54, 1.807) is 12.1 Å². The second-order valence-corrected chi connectivity index (χ2v) is 7.92. The van der Waals surface area contributed by atoms with Crippen LogP contribution in [0.5, 0.6) is 5.75 Å². The molecule has 1 atom stereocenters. The summed E-state index contributed by atoms with van der Waals surface area (Å²) < 4.78 is 46.0. The summed E-state index contributed by atoms with van der Waals surface area (Å²) in [5.74, 6) is 0.0444. The fraction of sp³-hybridized carbons (Fsp3) is 0.294. The van der Waals surface area contributed by atoms with Crippen molar-refractivity contribution in [2.24, 2.45) is 0 Å². The highest BCUT2D eigenvalue weighted by molar-refractivity contribution is 7.89. The smallest absolute Gasteiger partial charge is 0.243 e. The molecule has 2 aromatic carbocycles. The van der Waals surface area contributed by atoms with Crippen molar-refractivity contribution in [1.82, 2.24) is 4.31 Å². The molecule has 128 valence electrons. The van der Waals surface area contributed by atoms with Gasteiger partial charge in [0.15, 0.2) is 0 Å². The lowest BCUT2D eigenvalue weighted by Crippen LogP contribution is -2.30. The minimum atomic E-state index is -3.73. The third-order valence-electron chi connectivity index (χ3n) is 4.17. The quantitative estimate of drug-likeness (QED) is 0.817. The molecule has 1 heterocycles. The number of ether oxygens (including phenoxy) is 1. The molecule has 3 rings (SSSR count). The predicted octanol–water partition coefficient (Wildman–Crippen LogP) is 4.01. The molecule has 0 spiro atoms. The minimum absolute atomic E-state index is 0.108. The van der Waals surface area contributed by atoms with Crippen LogP contribution in [0.2, 0.25) is 5.02 Å². The molecule has 0 aromatic heterocycles. The van der Waals surface area contributed by atoms with Crippen LogP contribution >= 0.6 is 11.6 Å². The van der Waals surface area contributed by atoms with Gasteiger partial charge in [0.25, 0.3) is 0 Å². The normalized spacial score (nSPS) is 18.7. The van der Waals surface area contributed by atoms with Gasteiger partial charge in [-0.05, 0) is 48.7 Å². The van der Waals surface area contributed by atoms with Gasteiger partial charge in [0.2, 0.25) is 10.0 Å². The Labute approximate surface area is 145 Å². The van der Waals surface area contributed by atoms with Crippen LogP contribution in [0.3, 0.4) is 0 Å². The van der Waals surface area contributed by atoms with Crippen molar-refractivity contribution in [2.75, 3.05) is 13.7 Å². The highest BCUT2D eigenvalue weighted by Crippen LogP contribution is 2.38. The van der Waals surface area contributed by atoms with Gasteiger partial charge in [-0.15, -0.1) is 0 Å². The van der Waals surface area contributed by atoms with Crippen LogP contribution in [-0.4, -0.2) is 26.4 Å². The van der Waals surface area contributed by atoms with Crippen molar-refractivity contribution in [3.8, 4) is 5.75 Å². The van der Waals surface area contributed by atoms with E-state index >= 15 is 0 Å². The average Bonchev–Trinajstić information content (AvgIpc) is 3.05. The zero-order chi connectivity index (χ0) is 17.3. The highest BCUT2D eigenvalue weighted by Gasteiger charge is 2.36. The lowest BCUT2D eigenvalue weighted by Gasteiger charge is -2.24. The zero-order valence-electron chi connectivity index (χ0n) is 13.1. The molecule has 0 amide bonds. The Morgan fingerprint density at radius 1 is 1.25 bits per heavy atom. The Hall–Kier alpha value is -1.63. The van der Waals surface area contributed by atoms with Crippen molar-refractivity contribution >= 4 is 21.6 Å². The fourth-order valence-corrected chi connectivity index (χ4v) is 5.05. The number of nitrogens with zero attached hydrogens (tertiary/aromatic N) is 1. The van der Waals surface area contributed by atoms with E-state index in [9.17, 15) is 12.8 Å². The average molecular weight is 370 g/mol. The first-order valence-electron chi connectivity index (χ1n) is 7.54. The maximum atomic E-state index is 13.5. The SMILES string of the molecule is COc1ccc(S(=O)(=O)N2CCCC2c2cccc(F)c2)cc1Cl. The summed E-state index contributed by atoms with van der Waals surface area (Å²) in [6.45, 7) is 0.396. The molecule has 1 unspecified atom stereocenters. The van der Waals surface area contributed by atoms with E-state index in [0.29, 0.717) is 24.3 Å². The van der Waals surface area contributed by atoms with Crippen LogP contribution in [-0.2, 0) is 10.0 Å². The number of benzene rings is 2. The number of hydrogen-bond donors (Lipinski definition) is 0. The van der Waals surface area contributed by atoms with E-state index in [1.165, 1.54) is 41.7 Å². The summed E-state index contributed by atoms with van der Waals surface area (Å²) in [5, 5.41) is 0.236. The van der Waals surface area contributed by atoms with Gasteiger partial charge < -0.3 is 4.74 Å². The van der Waals surface area contributed by atoms with Gasteiger partial charge in [0.05, 0.1) is 23.1 Å². The van der Waals surface area contributed by atoms with Crippen molar-refractivity contribution in [3.05, 3.63) is 58.9 Å². The monoisotopic (exact) mass is 369 g/mol. The van der Waals surface area contributed by atoms with Crippen molar-refractivity contribution < 1.29 is 17.5 Å². The molecular formula is C17H17ClFNO3S.